The van der Waals surface area contributed by atoms with Crippen LogP contribution in [0.4, 0.5) is 0 Å². The molecule has 0 aliphatic heterocycles. The van der Waals surface area contributed by atoms with Gasteiger partial charge in [0.15, 0.2) is 0 Å². The maximum atomic E-state index is 11.8. The fourth-order valence-electron chi connectivity index (χ4n) is 4.18. The third-order valence-corrected chi connectivity index (χ3v) is 6.98. The predicted octanol–water partition coefficient (Wildman–Crippen LogP) is 5.55. The van der Waals surface area contributed by atoms with Crippen LogP contribution in [0, 0.1) is 6.92 Å². The van der Waals surface area contributed by atoms with Crippen molar-refractivity contribution in [3.63, 3.8) is 0 Å². The summed E-state index contributed by atoms with van der Waals surface area (Å²) >= 11 is 0.986. The highest BCUT2D eigenvalue weighted by Gasteiger charge is 2.33. The molecule has 3 aromatic rings. The van der Waals surface area contributed by atoms with Crippen molar-refractivity contribution in [3.05, 3.63) is 97.8 Å². The fourth-order valence-corrected chi connectivity index (χ4v) is 4.80. The molecule has 2 aromatic heterocycles. The average molecular weight is 433 g/mol. The molecule has 1 N–H and O–H groups in total. The Labute approximate surface area is 187 Å². The number of aromatic hydroxyl groups is 1. The minimum absolute atomic E-state index is 0.000668. The van der Waals surface area contributed by atoms with Crippen molar-refractivity contribution in [2.75, 3.05) is 0 Å². The van der Waals surface area contributed by atoms with E-state index in [1.807, 2.05) is 12.1 Å². The number of rotatable bonds is 4. The molecule has 0 atom stereocenters. The van der Waals surface area contributed by atoms with Crippen molar-refractivity contribution < 1.29 is 5.11 Å². The summed E-state index contributed by atoms with van der Waals surface area (Å²) in [5.41, 5.74) is 7.46. The van der Waals surface area contributed by atoms with Gasteiger partial charge in [0.25, 0.3) is 0 Å². The third-order valence-electron chi connectivity index (χ3n) is 6.23. The van der Waals surface area contributed by atoms with Crippen LogP contribution in [-0.4, -0.2) is 14.7 Å². The fraction of sp³-hybridized carbons (Fsp3) is 0.308. The van der Waals surface area contributed by atoms with E-state index >= 15 is 0 Å². The first kappa shape index (κ1) is 21.3. The molecule has 0 radical (unpaired) electrons. The Kier molecular flexibility index (Phi) is 5.05. The molecule has 160 valence electrons. The summed E-state index contributed by atoms with van der Waals surface area (Å²) in [6.45, 7) is 15.8. The molecule has 1 aliphatic carbocycles. The van der Waals surface area contributed by atoms with Gasteiger partial charge in [0.05, 0.1) is 17.6 Å². The van der Waals surface area contributed by atoms with E-state index in [1.165, 1.54) is 26.6 Å². The van der Waals surface area contributed by atoms with Crippen molar-refractivity contribution in [2.45, 2.75) is 52.0 Å². The second kappa shape index (κ2) is 7.34. The molecule has 4 nitrogen and oxygen atoms in total. The number of fused-ring (bicyclic) bond motifs is 1. The minimum Gasteiger partial charge on any atom is -0.494 e. The van der Waals surface area contributed by atoms with Crippen LogP contribution in [0.15, 0.2) is 59.4 Å². The lowest BCUT2D eigenvalue weighted by molar-refractivity contribution is 0.421. The Morgan fingerprint density at radius 3 is 2.32 bits per heavy atom. The number of aryl methyl sites for hydroxylation is 1. The van der Waals surface area contributed by atoms with Crippen molar-refractivity contribution in [3.8, 4) is 5.88 Å². The normalized spacial score (nSPS) is 16.2. The van der Waals surface area contributed by atoms with Gasteiger partial charge < -0.3 is 5.11 Å². The zero-order chi connectivity index (χ0) is 22.6. The van der Waals surface area contributed by atoms with Gasteiger partial charge in [-0.05, 0) is 46.9 Å². The number of nitrogens with zero attached hydrogens (tertiary/aromatic N) is 2. The van der Waals surface area contributed by atoms with Crippen molar-refractivity contribution in [2.24, 2.45) is 0 Å². The summed E-state index contributed by atoms with van der Waals surface area (Å²) in [6.07, 6.45) is 6.35. The van der Waals surface area contributed by atoms with E-state index in [0.29, 0.717) is 6.54 Å². The van der Waals surface area contributed by atoms with Crippen LogP contribution in [0.25, 0.3) is 5.57 Å². The minimum atomic E-state index is -0.185. The number of hydrogen-bond acceptors (Lipinski definition) is 4. The van der Waals surface area contributed by atoms with Gasteiger partial charge in [-0.25, -0.2) is 0 Å². The molecule has 0 fully saturated rings. The lowest BCUT2D eigenvalue weighted by atomic mass is 9.67. The first-order chi connectivity index (χ1) is 14.5. The van der Waals surface area contributed by atoms with Crippen LogP contribution in [0.3, 0.4) is 0 Å². The zero-order valence-corrected chi connectivity index (χ0v) is 19.5. The van der Waals surface area contributed by atoms with Gasteiger partial charge in [0.2, 0.25) is 5.88 Å². The Morgan fingerprint density at radius 1 is 1.13 bits per heavy atom. The number of thiazole rings is 1. The number of benzene rings is 1. The van der Waals surface area contributed by atoms with E-state index in [0.717, 1.165) is 33.7 Å². The molecule has 2 heterocycles. The van der Waals surface area contributed by atoms with Crippen LogP contribution in [-0.2, 0) is 17.4 Å². The molecule has 0 unspecified atom stereocenters. The van der Waals surface area contributed by atoms with E-state index in [-0.39, 0.29) is 21.6 Å². The molecule has 1 aliphatic rings. The standard InChI is InChI=1S/C26H28N2O2S/c1-16-11-20-21(26(5,6)10-9-25(20,3)4)12-19(16)17(2)22-8-7-18(13-27-22)14-28-23(29)15-31-24(28)30/h7-13,15,29H,2,14H2,1,3-6H3. The Bertz CT molecular complexity index is 1260. The molecule has 31 heavy (non-hydrogen) atoms. The van der Waals surface area contributed by atoms with Gasteiger partial charge in [-0.1, -0.05) is 69.9 Å². The molecule has 0 spiro atoms. The van der Waals surface area contributed by atoms with Crippen LogP contribution in [0.5, 0.6) is 5.88 Å². The topological polar surface area (TPSA) is 55.1 Å². The van der Waals surface area contributed by atoms with E-state index in [9.17, 15) is 9.90 Å². The highest BCUT2D eigenvalue weighted by atomic mass is 32.1. The zero-order valence-electron chi connectivity index (χ0n) is 18.7. The molecular weight excluding hydrogens is 404 g/mol. The molecule has 5 heteroatoms. The molecule has 0 saturated carbocycles. The van der Waals surface area contributed by atoms with Crippen LogP contribution in [0.1, 0.15) is 61.2 Å². The Morgan fingerprint density at radius 2 is 1.77 bits per heavy atom. The maximum Gasteiger partial charge on any atom is 0.310 e. The number of hydrogen-bond donors (Lipinski definition) is 1. The second-order valence-corrected chi connectivity index (χ2v) is 10.3. The van der Waals surface area contributed by atoms with Crippen LogP contribution >= 0.6 is 11.3 Å². The van der Waals surface area contributed by atoms with E-state index in [2.05, 4.69) is 70.5 Å². The van der Waals surface area contributed by atoms with Gasteiger partial charge in [0.1, 0.15) is 0 Å². The molecule has 0 amide bonds. The highest BCUT2D eigenvalue weighted by molar-refractivity contribution is 7.07. The van der Waals surface area contributed by atoms with Crippen molar-refractivity contribution in [1.82, 2.24) is 9.55 Å². The van der Waals surface area contributed by atoms with Gasteiger partial charge >= 0.3 is 4.87 Å². The predicted molar refractivity (Wildman–Crippen MR) is 128 cm³/mol. The van der Waals surface area contributed by atoms with Gasteiger partial charge in [0, 0.05) is 22.6 Å². The maximum absolute atomic E-state index is 11.8. The second-order valence-electron chi connectivity index (χ2n) is 9.47. The van der Waals surface area contributed by atoms with Gasteiger partial charge in [-0.15, -0.1) is 0 Å². The molecule has 1 aromatic carbocycles. The SMILES string of the molecule is C=C(c1ccc(Cn2c(O)csc2=O)cn1)c1cc2c(cc1C)C(C)(C)C=CC2(C)C. The number of allylic oxidation sites excluding steroid dienone is 2. The molecular formula is C26H28N2O2S. The Hall–Kier alpha value is -2.92. The molecule has 0 bridgehead atoms. The summed E-state index contributed by atoms with van der Waals surface area (Å²) < 4.78 is 1.33. The van der Waals surface area contributed by atoms with E-state index in [4.69, 9.17) is 0 Å². The summed E-state index contributed by atoms with van der Waals surface area (Å²) in [4.78, 5) is 16.3. The number of pyridine rings is 1. The summed E-state index contributed by atoms with van der Waals surface area (Å²) in [6, 6.07) is 8.43. The highest BCUT2D eigenvalue weighted by Crippen LogP contribution is 2.43. The summed E-state index contributed by atoms with van der Waals surface area (Å²) in [5, 5.41) is 11.3. The first-order valence-electron chi connectivity index (χ1n) is 10.4. The molecule has 0 saturated heterocycles. The third kappa shape index (κ3) is 3.79. The van der Waals surface area contributed by atoms with Crippen LogP contribution in [0.2, 0.25) is 0 Å². The van der Waals surface area contributed by atoms with Crippen molar-refractivity contribution in [1.29, 1.82) is 0 Å². The summed E-state index contributed by atoms with van der Waals surface area (Å²) in [7, 11) is 0. The van der Waals surface area contributed by atoms with Gasteiger partial charge in [-0.3, -0.25) is 14.3 Å². The Balaban J connectivity index is 1.67. The van der Waals surface area contributed by atoms with Crippen molar-refractivity contribution >= 4 is 16.9 Å². The van der Waals surface area contributed by atoms with Gasteiger partial charge in [-0.2, -0.15) is 0 Å². The first-order valence-corrected chi connectivity index (χ1v) is 11.3. The lowest BCUT2D eigenvalue weighted by Crippen LogP contribution is -2.29. The summed E-state index contributed by atoms with van der Waals surface area (Å²) in [5.74, 6) is -0.0206. The van der Waals surface area contributed by atoms with E-state index in [1.54, 1.807) is 6.20 Å². The lowest BCUT2D eigenvalue weighted by Gasteiger charge is -2.37. The van der Waals surface area contributed by atoms with Crippen LogP contribution < -0.4 is 4.87 Å². The monoisotopic (exact) mass is 432 g/mol. The smallest absolute Gasteiger partial charge is 0.310 e. The number of aromatic nitrogens is 2. The quantitative estimate of drug-likeness (QED) is 0.550. The average Bonchev–Trinajstić information content (AvgIpc) is 3.03. The largest absolute Gasteiger partial charge is 0.494 e. The van der Waals surface area contributed by atoms with E-state index < -0.39 is 0 Å². The molecule has 4 rings (SSSR count).